The summed E-state index contributed by atoms with van der Waals surface area (Å²) in [6, 6.07) is -0.431. The standard InChI is InChI=1S/C32H49FN4O5/c1-2-40-16-13-34-9-11-35(12-10-34)29-25(33)19-23-28-31(29)42-26-8-7-21-5-3-4-6-22(21)27(26)37(28)20-24(30(23)38)32(39)36-14-17-41-18-15-36/h20-23,25-29,31H,2-19H2,1H3. The van der Waals surface area contributed by atoms with Gasteiger partial charge in [0.05, 0.1) is 55.7 Å². The fourth-order valence-corrected chi connectivity index (χ4v) is 9.53. The van der Waals surface area contributed by atoms with Gasteiger partial charge < -0.3 is 24.0 Å². The highest BCUT2D eigenvalue weighted by Gasteiger charge is 2.61. The number of piperazine rings is 1. The van der Waals surface area contributed by atoms with Gasteiger partial charge in [0.25, 0.3) is 5.91 Å². The Balaban J connectivity index is 1.19. The Morgan fingerprint density at radius 2 is 1.79 bits per heavy atom. The van der Waals surface area contributed by atoms with Gasteiger partial charge in [-0.05, 0) is 44.4 Å². The van der Waals surface area contributed by atoms with Gasteiger partial charge in [0, 0.05) is 64.5 Å². The summed E-state index contributed by atoms with van der Waals surface area (Å²) in [6.45, 7) is 9.66. The van der Waals surface area contributed by atoms with Gasteiger partial charge in [-0.1, -0.05) is 19.3 Å². The Labute approximate surface area is 249 Å². The second-order valence-corrected chi connectivity index (χ2v) is 13.6. The van der Waals surface area contributed by atoms with Crippen LogP contribution in [0.3, 0.4) is 0 Å². The van der Waals surface area contributed by atoms with Crippen molar-refractivity contribution in [3.63, 3.8) is 0 Å². The number of carbonyl (C=O) groups is 2. The van der Waals surface area contributed by atoms with Crippen LogP contribution in [0.2, 0.25) is 0 Å². The molecule has 9 unspecified atom stereocenters. The van der Waals surface area contributed by atoms with Crippen molar-refractivity contribution < 1.29 is 28.2 Å². The maximum absolute atomic E-state index is 16.4. The SMILES string of the molecule is CCOCCN1CCN(C2C(F)CC3C(=O)C(C(=O)N4CCOCC4)=CN4C5C(CCC6CCCCC65)OC2C34)CC1. The molecule has 9 nitrogen and oxygen atoms in total. The normalized spacial score (nSPS) is 41.0. The van der Waals surface area contributed by atoms with Gasteiger partial charge in [0.15, 0.2) is 5.78 Å². The second-order valence-electron chi connectivity index (χ2n) is 13.6. The van der Waals surface area contributed by atoms with Crippen molar-refractivity contribution >= 4 is 11.7 Å². The predicted octanol–water partition coefficient (Wildman–Crippen LogP) is 2.10. The van der Waals surface area contributed by atoms with Gasteiger partial charge in [-0.15, -0.1) is 0 Å². The molecule has 0 bridgehead atoms. The number of fused-ring (bicyclic) bond motifs is 4. The van der Waals surface area contributed by atoms with E-state index in [4.69, 9.17) is 14.2 Å². The zero-order valence-corrected chi connectivity index (χ0v) is 25.2. The number of Topliss-reactive ketones (excluding diaryl/α,β-unsaturated/α-hetero) is 1. The molecule has 1 amide bonds. The molecule has 4 aliphatic heterocycles. The fraction of sp³-hybridized carbons (Fsp3) is 0.875. The molecular formula is C32H49FN4O5. The Bertz CT molecular complexity index is 1030. The summed E-state index contributed by atoms with van der Waals surface area (Å²) >= 11 is 0. The lowest BCUT2D eigenvalue weighted by Gasteiger charge is -2.63. The predicted molar refractivity (Wildman–Crippen MR) is 155 cm³/mol. The van der Waals surface area contributed by atoms with Gasteiger partial charge in [-0.25, -0.2) is 4.39 Å². The summed E-state index contributed by atoms with van der Waals surface area (Å²) in [5, 5.41) is 0. The first-order valence-electron chi connectivity index (χ1n) is 16.8. The van der Waals surface area contributed by atoms with Crippen molar-refractivity contribution in [1.82, 2.24) is 19.6 Å². The van der Waals surface area contributed by atoms with Crippen molar-refractivity contribution in [2.24, 2.45) is 17.8 Å². The first kappa shape index (κ1) is 29.1. The van der Waals surface area contributed by atoms with Gasteiger partial charge >= 0.3 is 0 Å². The van der Waals surface area contributed by atoms with E-state index in [1.54, 1.807) is 4.90 Å². The lowest BCUT2D eigenvalue weighted by Crippen LogP contribution is -2.75. The molecule has 0 aromatic rings. The third kappa shape index (κ3) is 5.23. The number of carbonyl (C=O) groups excluding carboxylic acids is 2. The number of ether oxygens (including phenoxy) is 3. The third-order valence-electron chi connectivity index (χ3n) is 11.6. The monoisotopic (exact) mass is 588 g/mol. The summed E-state index contributed by atoms with van der Waals surface area (Å²) in [5.74, 6) is 0.221. The topological polar surface area (TPSA) is 74.8 Å². The average Bonchev–Trinajstić information content (AvgIpc) is 3.02. The second kappa shape index (κ2) is 12.4. The maximum atomic E-state index is 16.4. The van der Waals surface area contributed by atoms with Gasteiger partial charge in [-0.3, -0.25) is 19.4 Å². The van der Waals surface area contributed by atoms with E-state index in [2.05, 4.69) is 14.7 Å². The van der Waals surface area contributed by atoms with Crippen LogP contribution in [0.1, 0.15) is 51.9 Å². The maximum Gasteiger partial charge on any atom is 0.259 e. The fourth-order valence-electron chi connectivity index (χ4n) is 9.53. The van der Waals surface area contributed by atoms with Crippen molar-refractivity contribution in [1.29, 1.82) is 0 Å². The molecule has 0 radical (unpaired) electrons. The van der Waals surface area contributed by atoms with E-state index in [9.17, 15) is 9.59 Å². The smallest absolute Gasteiger partial charge is 0.259 e. The molecule has 0 aromatic carbocycles. The minimum absolute atomic E-state index is 0.00993. The van der Waals surface area contributed by atoms with Crippen LogP contribution in [0, 0.1) is 17.8 Å². The van der Waals surface area contributed by atoms with E-state index in [1.807, 2.05) is 13.1 Å². The third-order valence-corrected chi connectivity index (χ3v) is 11.6. The van der Waals surface area contributed by atoms with Crippen LogP contribution in [-0.4, -0.2) is 140 Å². The van der Waals surface area contributed by atoms with Crippen LogP contribution < -0.4 is 0 Å². The van der Waals surface area contributed by atoms with Crippen molar-refractivity contribution in [2.75, 3.05) is 72.2 Å². The summed E-state index contributed by atoms with van der Waals surface area (Å²) < 4.78 is 34.5. The number of amides is 1. The number of ketones is 1. The minimum Gasteiger partial charge on any atom is -0.380 e. The molecule has 42 heavy (non-hydrogen) atoms. The van der Waals surface area contributed by atoms with Crippen molar-refractivity contribution in [2.45, 2.75) is 88.4 Å². The van der Waals surface area contributed by atoms with E-state index in [0.717, 1.165) is 58.8 Å². The van der Waals surface area contributed by atoms with Crippen LogP contribution in [0.15, 0.2) is 11.8 Å². The highest BCUT2D eigenvalue weighted by Crippen LogP contribution is 2.51. The molecule has 0 aromatic heterocycles. The Kier molecular flexibility index (Phi) is 8.62. The lowest BCUT2D eigenvalue weighted by atomic mass is 9.63. The molecule has 7 rings (SSSR count). The van der Waals surface area contributed by atoms with Crippen molar-refractivity contribution in [3.8, 4) is 0 Å². The molecule has 234 valence electrons. The van der Waals surface area contributed by atoms with E-state index in [0.29, 0.717) is 38.1 Å². The van der Waals surface area contributed by atoms with E-state index < -0.39 is 12.1 Å². The molecular weight excluding hydrogens is 539 g/mol. The molecule has 10 heteroatoms. The number of hydrogen-bond donors (Lipinski definition) is 0. The molecule has 9 atom stereocenters. The van der Waals surface area contributed by atoms with Crippen LogP contribution in [-0.2, 0) is 23.8 Å². The number of morpholine rings is 2. The van der Waals surface area contributed by atoms with E-state index in [-0.39, 0.29) is 54.0 Å². The molecule has 0 N–H and O–H groups in total. The number of nitrogens with zero attached hydrogens (tertiary/aromatic N) is 4. The van der Waals surface area contributed by atoms with Crippen molar-refractivity contribution in [3.05, 3.63) is 11.8 Å². The molecule has 4 heterocycles. The highest BCUT2D eigenvalue weighted by atomic mass is 19.1. The Hall–Kier alpha value is -1.59. The number of halogens is 1. The molecule has 3 saturated heterocycles. The van der Waals surface area contributed by atoms with Crippen LogP contribution >= 0.6 is 0 Å². The highest BCUT2D eigenvalue weighted by molar-refractivity contribution is 6.20. The molecule has 6 fully saturated rings. The Morgan fingerprint density at radius 3 is 2.57 bits per heavy atom. The number of alkyl halides is 1. The van der Waals surface area contributed by atoms with E-state index >= 15 is 4.39 Å². The lowest BCUT2D eigenvalue weighted by molar-refractivity contribution is -0.228. The molecule has 7 aliphatic rings. The summed E-state index contributed by atoms with van der Waals surface area (Å²) in [6.07, 6.45) is 7.60. The van der Waals surface area contributed by atoms with Gasteiger partial charge in [0.1, 0.15) is 6.17 Å². The summed E-state index contributed by atoms with van der Waals surface area (Å²) in [4.78, 5) is 36.7. The first-order valence-corrected chi connectivity index (χ1v) is 16.8. The average molecular weight is 589 g/mol. The molecule has 0 spiro atoms. The van der Waals surface area contributed by atoms with Gasteiger partial charge in [0.2, 0.25) is 0 Å². The quantitative estimate of drug-likeness (QED) is 0.345. The summed E-state index contributed by atoms with van der Waals surface area (Å²) in [5.41, 5.74) is 0.254. The largest absolute Gasteiger partial charge is 0.380 e. The zero-order valence-electron chi connectivity index (χ0n) is 25.2. The van der Waals surface area contributed by atoms with E-state index in [1.165, 1.54) is 25.7 Å². The zero-order chi connectivity index (χ0) is 28.8. The number of rotatable bonds is 6. The first-order chi connectivity index (χ1) is 20.5. The van der Waals surface area contributed by atoms with Crippen LogP contribution in [0.5, 0.6) is 0 Å². The minimum atomic E-state index is -1.17. The van der Waals surface area contributed by atoms with Gasteiger partial charge in [-0.2, -0.15) is 0 Å². The number of hydrogen-bond acceptors (Lipinski definition) is 8. The summed E-state index contributed by atoms with van der Waals surface area (Å²) in [7, 11) is 0. The van der Waals surface area contributed by atoms with Crippen LogP contribution in [0.4, 0.5) is 4.39 Å². The molecule has 3 saturated carbocycles. The molecule has 3 aliphatic carbocycles. The Morgan fingerprint density at radius 1 is 1.00 bits per heavy atom. The van der Waals surface area contributed by atoms with Crippen LogP contribution in [0.25, 0.3) is 0 Å².